The maximum absolute atomic E-state index is 12.4. The molecule has 1 saturated heterocycles. The van der Waals surface area contributed by atoms with Gasteiger partial charge in [0.2, 0.25) is 0 Å². The SMILES string of the molecule is NC(=O)c1sc2nccc(N3CCCN(c4ccc(OC(F)(F)F)cc4)CC3)c2c1N. The average molecular weight is 451 g/mol. The summed E-state index contributed by atoms with van der Waals surface area (Å²) >= 11 is 1.18. The molecule has 31 heavy (non-hydrogen) atoms. The standard InChI is InChI=1S/C20H20F3N5O2S/c21-20(22,23)30-13-4-2-12(3-5-13)27-8-1-9-28(11-10-27)14-6-7-26-19-15(14)16(24)17(31-19)18(25)29/h2-7H,1,8-11,24H2,(H2,25,29). The normalized spacial score (nSPS) is 15.2. The van der Waals surface area contributed by atoms with Gasteiger partial charge >= 0.3 is 6.36 Å². The molecule has 2 aromatic heterocycles. The number of nitrogens with two attached hydrogens (primary N) is 2. The fourth-order valence-electron chi connectivity index (χ4n) is 3.75. The molecule has 4 rings (SSSR count). The van der Waals surface area contributed by atoms with E-state index in [2.05, 4.69) is 19.5 Å². The molecule has 4 N–H and O–H groups in total. The molecule has 0 unspecified atom stereocenters. The van der Waals surface area contributed by atoms with Crippen LogP contribution in [0.4, 0.5) is 30.2 Å². The van der Waals surface area contributed by atoms with Crippen molar-refractivity contribution in [1.82, 2.24) is 4.98 Å². The van der Waals surface area contributed by atoms with Crippen LogP contribution in [0.25, 0.3) is 10.2 Å². The zero-order valence-corrected chi connectivity index (χ0v) is 17.2. The Balaban J connectivity index is 1.53. The number of fused-ring (bicyclic) bond motifs is 1. The van der Waals surface area contributed by atoms with Crippen molar-refractivity contribution in [3.63, 3.8) is 0 Å². The molecule has 0 atom stereocenters. The van der Waals surface area contributed by atoms with E-state index >= 15 is 0 Å². The molecule has 1 aromatic carbocycles. The first-order chi connectivity index (χ1) is 14.7. The van der Waals surface area contributed by atoms with E-state index in [0.717, 1.165) is 36.3 Å². The van der Waals surface area contributed by atoms with Gasteiger partial charge in [0, 0.05) is 38.1 Å². The Morgan fingerprint density at radius 1 is 1.06 bits per heavy atom. The van der Waals surface area contributed by atoms with Crippen molar-refractivity contribution in [3.05, 3.63) is 41.4 Å². The maximum atomic E-state index is 12.4. The molecule has 0 spiro atoms. The van der Waals surface area contributed by atoms with E-state index in [9.17, 15) is 18.0 Å². The minimum Gasteiger partial charge on any atom is -0.406 e. The van der Waals surface area contributed by atoms with Crippen LogP contribution in [0.5, 0.6) is 5.75 Å². The third-order valence-corrected chi connectivity index (χ3v) is 6.23. The summed E-state index contributed by atoms with van der Waals surface area (Å²) in [5, 5.41) is 0.725. The minimum absolute atomic E-state index is 0.245. The number of aromatic nitrogens is 1. The molecule has 0 saturated carbocycles. The van der Waals surface area contributed by atoms with Gasteiger partial charge < -0.3 is 26.0 Å². The van der Waals surface area contributed by atoms with Gasteiger partial charge in [0.1, 0.15) is 15.5 Å². The van der Waals surface area contributed by atoms with E-state index < -0.39 is 12.3 Å². The summed E-state index contributed by atoms with van der Waals surface area (Å²) in [6.45, 7) is 2.83. The fraction of sp³-hybridized carbons (Fsp3) is 0.300. The van der Waals surface area contributed by atoms with Gasteiger partial charge in [0.15, 0.2) is 0 Å². The van der Waals surface area contributed by atoms with Gasteiger partial charge in [-0.1, -0.05) is 0 Å². The number of pyridine rings is 1. The molecule has 0 aliphatic carbocycles. The number of alkyl halides is 3. The van der Waals surface area contributed by atoms with Gasteiger partial charge in [-0.05, 0) is 36.8 Å². The van der Waals surface area contributed by atoms with Crippen LogP contribution in [0, 0.1) is 0 Å². The van der Waals surface area contributed by atoms with Crippen LogP contribution in [0.15, 0.2) is 36.5 Å². The number of carbonyl (C=O) groups is 1. The van der Waals surface area contributed by atoms with Gasteiger partial charge in [0.05, 0.1) is 16.8 Å². The number of hydrogen-bond acceptors (Lipinski definition) is 7. The van der Waals surface area contributed by atoms with Gasteiger partial charge in [-0.25, -0.2) is 4.98 Å². The van der Waals surface area contributed by atoms with Crippen molar-refractivity contribution in [2.45, 2.75) is 12.8 Å². The number of primary amides is 1. The molecular weight excluding hydrogens is 431 g/mol. The van der Waals surface area contributed by atoms with E-state index in [0.29, 0.717) is 28.5 Å². The second-order valence-electron chi connectivity index (χ2n) is 7.09. The number of hydrogen-bond donors (Lipinski definition) is 2. The number of rotatable bonds is 4. The van der Waals surface area contributed by atoms with Crippen LogP contribution < -0.4 is 26.0 Å². The monoisotopic (exact) mass is 451 g/mol. The van der Waals surface area contributed by atoms with Crippen molar-refractivity contribution in [2.24, 2.45) is 5.73 Å². The molecule has 0 radical (unpaired) electrons. The number of anilines is 3. The number of nitrogen functional groups attached to an aromatic ring is 1. The molecule has 0 bridgehead atoms. The van der Waals surface area contributed by atoms with Crippen molar-refractivity contribution >= 4 is 44.5 Å². The molecule has 1 aliphatic heterocycles. The zero-order chi connectivity index (χ0) is 22.2. The van der Waals surface area contributed by atoms with Crippen molar-refractivity contribution < 1.29 is 22.7 Å². The summed E-state index contributed by atoms with van der Waals surface area (Å²) in [5.74, 6) is -0.823. The van der Waals surface area contributed by atoms with E-state index in [-0.39, 0.29) is 5.75 Å². The molecule has 7 nitrogen and oxygen atoms in total. The highest BCUT2D eigenvalue weighted by Gasteiger charge is 2.31. The molecule has 1 amide bonds. The predicted octanol–water partition coefficient (Wildman–Crippen LogP) is 3.59. The zero-order valence-electron chi connectivity index (χ0n) is 16.4. The number of nitrogens with zero attached hydrogens (tertiary/aromatic N) is 3. The summed E-state index contributed by atoms with van der Waals surface area (Å²) in [5.41, 5.74) is 13.7. The van der Waals surface area contributed by atoms with Crippen LogP contribution in [-0.2, 0) is 0 Å². The minimum atomic E-state index is -4.71. The maximum Gasteiger partial charge on any atom is 0.573 e. The lowest BCUT2D eigenvalue weighted by Gasteiger charge is -2.25. The van der Waals surface area contributed by atoms with Crippen LogP contribution >= 0.6 is 11.3 Å². The lowest BCUT2D eigenvalue weighted by Crippen LogP contribution is -2.30. The van der Waals surface area contributed by atoms with E-state index in [1.165, 1.54) is 23.5 Å². The predicted molar refractivity (Wildman–Crippen MR) is 115 cm³/mol. The number of thiophene rings is 1. The third-order valence-electron chi connectivity index (χ3n) is 5.10. The summed E-state index contributed by atoms with van der Waals surface area (Å²) in [6, 6.07) is 7.74. The highest BCUT2D eigenvalue weighted by atomic mass is 32.1. The van der Waals surface area contributed by atoms with Crippen molar-refractivity contribution in [3.8, 4) is 5.75 Å². The highest BCUT2D eigenvalue weighted by Crippen LogP contribution is 2.38. The van der Waals surface area contributed by atoms with Crippen LogP contribution in [0.3, 0.4) is 0 Å². The second-order valence-corrected chi connectivity index (χ2v) is 8.09. The first kappa shape index (κ1) is 21.0. The van der Waals surface area contributed by atoms with Crippen LogP contribution in [-0.4, -0.2) is 43.4 Å². The molecule has 1 fully saturated rings. The summed E-state index contributed by atoms with van der Waals surface area (Å²) < 4.78 is 41.0. The number of benzene rings is 1. The van der Waals surface area contributed by atoms with E-state index in [1.54, 1.807) is 18.3 Å². The molecule has 164 valence electrons. The number of amides is 1. The highest BCUT2D eigenvalue weighted by molar-refractivity contribution is 7.21. The smallest absolute Gasteiger partial charge is 0.406 e. The fourth-order valence-corrected chi connectivity index (χ4v) is 4.69. The largest absolute Gasteiger partial charge is 0.573 e. The van der Waals surface area contributed by atoms with E-state index in [4.69, 9.17) is 11.5 Å². The average Bonchev–Trinajstić information content (AvgIpc) is 2.89. The topological polar surface area (TPSA) is 97.7 Å². The first-order valence-corrected chi connectivity index (χ1v) is 10.4. The lowest BCUT2D eigenvalue weighted by molar-refractivity contribution is -0.274. The van der Waals surface area contributed by atoms with Crippen LogP contribution in [0.1, 0.15) is 16.1 Å². The summed E-state index contributed by atoms with van der Waals surface area (Å²) in [4.78, 5) is 21.2. The number of carbonyl (C=O) groups excluding carboxylic acids is 1. The lowest BCUT2D eigenvalue weighted by atomic mass is 10.2. The Bertz CT molecular complexity index is 1100. The molecule has 3 aromatic rings. The molecular formula is C20H20F3N5O2S. The second kappa shape index (κ2) is 8.14. The van der Waals surface area contributed by atoms with Gasteiger partial charge in [-0.3, -0.25) is 4.79 Å². The first-order valence-electron chi connectivity index (χ1n) is 9.55. The summed E-state index contributed by atoms with van der Waals surface area (Å²) in [6.07, 6.45) is -2.20. The molecule has 3 heterocycles. The Morgan fingerprint density at radius 3 is 2.42 bits per heavy atom. The van der Waals surface area contributed by atoms with Gasteiger partial charge in [-0.15, -0.1) is 24.5 Å². The Morgan fingerprint density at radius 2 is 1.74 bits per heavy atom. The molecule has 11 heteroatoms. The molecule has 1 aliphatic rings. The number of ether oxygens (including phenoxy) is 1. The van der Waals surface area contributed by atoms with Gasteiger partial charge in [-0.2, -0.15) is 0 Å². The summed E-state index contributed by atoms with van der Waals surface area (Å²) in [7, 11) is 0. The number of halogens is 3. The van der Waals surface area contributed by atoms with Crippen molar-refractivity contribution in [1.29, 1.82) is 0 Å². The van der Waals surface area contributed by atoms with Gasteiger partial charge in [0.25, 0.3) is 5.91 Å². The third kappa shape index (κ3) is 4.46. The van der Waals surface area contributed by atoms with Crippen LogP contribution in [0.2, 0.25) is 0 Å². The van der Waals surface area contributed by atoms with Crippen molar-refractivity contribution in [2.75, 3.05) is 41.7 Å². The quantitative estimate of drug-likeness (QED) is 0.629. The Kier molecular flexibility index (Phi) is 5.52. The Labute approximate surface area is 180 Å². The van der Waals surface area contributed by atoms with E-state index in [1.807, 2.05) is 6.07 Å². The Hall–Kier alpha value is -3.21.